The topological polar surface area (TPSA) is 41.1 Å². The second-order valence-corrected chi connectivity index (χ2v) is 3.47. The molecular formula is C8H13F3N2O. The quantitative estimate of drug-likeness (QED) is 0.700. The maximum atomic E-state index is 11.6. The lowest BCUT2D eigenvalue weighted by Gasteiger charge is -2.08. The van der Waals surface area contributed by atoms with Crippen LogP contribution in [0.2, 0.25) is 0 Å². The van der Waals surface area contributed by atoms with E-state index in [4.69, 9.17) is 0 Å². The molecule has 0 radical (unpaired) electrons. The van der Waals surface area contributed by atoms with Gasteiger partial charge in [0.15, 0.2) is 0 Å². The van der Waals surface area contributed by atoms with Crippen molar-refractivity contribution < 1.29 is 18.0 Å². The van der Waals surface area contributed by atoms with Crippen LogP contribution in [0, 0.1) is 5.92 Å². The largest absolute Gasteiger partial charge is 0.405 e. The highest BCUT2D eigenvalue weighted by Crippen LogP contribution is 2.27. The number of carbonyl (C=O) groups is 1. The number of nitrogens with one attached hydrogen (secondary N) is 2. The predicted octanol–water partition coefficient (Wildman–Crippen LogP) is 0.664. The summed E-state index contributed by atoms with van der Waals surface area (Å²) in [6.45, 7) is -0.567. The van der Waals surface area contributed by atoms with Crippen molar-refractivity contribution in [2.45, 2.75) is 19.0 Å². The lowest BCUT2D eigenvalue weighted by Crippen LogP contribution is -2.39. The third-order valence-electron chi connectivity index (χ3n) is 1.90. The van der Waals surface area contributed by atoms with Gasteiger partial charge < -0.3 is 10.6 Å². The van der Waals surface area contributed by atoms with E-state index in [-0.39, 0.29) is 6.54 Å². The maximum absolute atomic E-state index is 11.6. The molecule has 0 aromatic heterocycles. The molecule has 0 unspecified atom stereocenters. The molecular weight excluding hydrogens is 197 g/mol. The highest BCUT2D eigenvalue weighted by atomic mass is 19.4. The van der Waals surface area contributed by atoms with Gasteiger partial charge in [-0.05, 0) is 25.3 Å². The Bertz CT molecular complexity index is 201. The molecule has 0 aromatic rings. The van der Waals surface area contributed by atoms with Crippen LogP contribution in [0.3, 0.4) is 0 Å². The highest BCUT2D eigenvalue weighted by Gasteiger charge is 2.27. The summed E-state index contributed by atoms with van der Waals surface area (Å²) >= 11 is 0. The number of halogens is 3. The number of carbonyl (C=O) groups excluding carboxylic acids is 1. The lowest BCUT2D eigenvalue weighted by atomic mass is 10.4. The average molecular weight is 210 g/mol. The van der Waals surface area contributed by atoms with Crippen LogP contribution in [0.15, 0.2) is 0 Å². The molecule has 0 aliphatic heterocycles. The SMILES string of the molecule is O=C(CNCC1CC1)NCC(F)(F)F. The molecule has 0 spiro atoms. The molecule has 1 amide bonds. The van der Waals surface area contributed by atoms with Gasteiger partial charge in [-0.3, -0.25) is 4.79 Å². The summed E-state index contributed by atoms with van der Waals surface area (Å²) in [7, 11) is 0. The number of hydrogen-bond donors (Lipinski definition) is 2. The molecule has 2 N–H and O–H groups in total. The Morgan fingerprint density at radius 1 is 1.36 bits per heavy atom. The van der Waals surface area contributed by atoms with Gasteiger partial charge in [-0.25, -0.2) is 0 Å². The Hall–Kier alpha value is -0.780. The van der Waals surface area contributed by atoms with Crippen molar-refractivity contribution >= 4 is 5.91 Å². The second-order valence-electron chi connectivity index (χ2n) is 3.47. The van der Waals surface area contributed by atoms with E-state index in [9.17, 15) is 18.0 Å². The molecule has 0 heterocycles. The Labute approximate surface area is 80.0 Å². The zero-order chi connectivity index (χ0) is 10.6. The van der Waals surface area contributed by atoms with Gasteiger partial charge in [-0.1, -0.05) is 0 Å². The minimum atomic E-state index is -4.33. The summed E-state index contributed by atoms with van der Waals surface area (Å²) in [6.07, 6.45) is -2.03. The van der Waals surface area contributed by atoms with Gasteiger partial charge in [-0.15, -0.1) is 0 Å². The predicted molar refractivity (Wildman–Crippen MR) is 44.7 cm³/mol. The smallest absolute Gasteiger partial charge is 0.346 e. The first-order chi connectivity index (χ1) is 6.47. The van der Waals surface area contributed by atoms with Crippen LogP contribution in [0.4, 0.5) is 13.2 Å². The van der Waals surface area contributed by atoms with Gasteiger partial charge in [0.25, 0.3) is 0 Å². The van der Waals surface area contributed by atoms with E-state index in [1.54, 1.807) is 5.32 Å². The zero-order valence-electron chi connectivity index (χ0n) is 7.66. The summed E-state index contributed by atoms with van der Waals surface area (Å²) in [4.78, 5) is 10.8. The van der Waals surface area contributed by atoms with Crippen molar-refractivity contribution in [1.82, 2.24) is 10.6 Å². The molecule has 82 valence electrons. The summed E-state index contributed by atoms with van der Waals surface area (Å²) in [5, 5.41) is 4.59. The number of alkyl halides is 3. The molecule has 1 aliphatic rings. The zero-order valence-corrected chi connectivity index (χ0v) is 7.66. The molecule has 0 bridgehead atoms. The van der Waals surface area contributed by atoms with Gasteiger partial charge in [0.05, 0.1) is 6.54 Å². The van der Waals surface area contributed by atoms with Crippen LogP contribution in [0.25, 0.3) is 0 Å². The van der Waals surface area contributed by atoms with E-state index in [0.717, 1.165) is 19.4 Å². The van der Waals surface area contributed by atoms with Crippen molar-refractivity contribution in [3.63, 3.8) is 0 Å². The fourth-order valence-electron chi connectivity index (χ4n) is 0.973. The van der Waals surface area contributed by atoms with Crippen molar-refractivity contribution in [1.29, 1.82) is 0 Å². The summed E-state index contributed by atoms with van der Waals surface area (Å²) in [6, 6.07) is 0. The van der Waals surface area contributed by atoms with Crippen LogP contribution in [-0.2, 0) is 4.79 Å². The highest BCUT2D eigenvalue weighted by molar-refractivity contribution is 5.77. The fourth-order valence-corrected chi connectivity index (χ4v) is 0.973. The van der Waals surface area contributed by atoms with E-state index >= 15 is 0 Å². The van der Waals surface area contributed by atoms with Crippen LogP contribution in [0.1, 0.15) is 12.8 Å². The van der Waals surface area contributed by atoms with E-state index in [1.165, 1.54) is 0 Å². The molecule has 3 nitrogen and oxygen atoms in total. The third-order valence-corrected chi connectivity index (χ3v) is 1.90. The normalized spacial score (nSPS) is 16.8. The van der Waals surface area contributed by atoms with Gasteiger partial charge in [0, 0.05) is 0 Å². The second kappa shape index (κ2) is 4.63. The van der Waals surface area contributed by atoms with Crippen LogP contribution >= 0.6 is 0 Å². The standard InChI is InChI=1S/C8H13F3N2O/c9-8(10,11)5-13-7(14)4-12-3-6-1-2-6/h6,12H,1-5H2,(H,13,14). The summed E-state index contributed by atoms with van der Waals surface area (Å²) in [5.41, 5.74) is 0. The van der Waals surface area contributed by atoms with Gasteiger partial charge in [0.1, 0.15) is 6.54 Å². The molecule has 14 heavy (non-hydrogen) atoms. The van der Waals surface area contributed by atoms with E-state index < -0.39 is 18.6 Å². The molecule has 1 saturated carbocycles. The molecule has 0 aromatic carbocycles. The average Bonchev–Trinajstić information content (AvgIpc) is 2.83. The molecule has 0 atom stereocenters. The Morgan fingerprint density at radius 2 is 2.00 bits per heavy atom. The summed E-state index contributed by atoms with van der Waals surface area (Å²) < 4.78 is 34.9. The minimum Gasteiger partial charge on any atom is -0.346 e. The molecule has 1 fully saturated rings. The lowest BCUT2D eigenvalue weighted by molar-refractivity contribution is -0.137. The van der Waals surface area contributed by atoms with Gasteiger partial charge >= 0.3 is 6.18 Å². The first kappa shape index (κ1) is 11.3. The molecule has 6 heteroatoms. The Kier molecular flexibility index (Phi) is 3.74. The maximum Gasteiger partial charge on any atom is 0.405 e. The third kappa shape index (κ3) is 5.80. The monoisotopic (exact) mass is 210 g/mol. The van der Waals surface area contributed by atoms with Gasteiger partial charge in [0.2, 0.25) is 5.91 Å². The Balaban J connectivity index is 1.97. The number of rotatable bonds is 5. The minimum absolute atomic E-state index is 0.0351. The van der Waals surface area contributed by atoms with E-state index in [1.807, 2.05) is 0 Å². The van der Waals surface area contributed by atoms with Crippen molar-refractivity contribution in [3.05, 3.63) is 0 Å². The fraction of sp³-hybridized carbons (Fsp3) is 0.875. The number of amides is 1. The molecule has 1 rings (SSSR count). The van der Waals surface area contributed by atoms with E-state index in [2.05, 4.69) is 5.32 Å². The van der Waals surface area contributed by atoms with Crippen LogP contribution in [-0.4, -0.2) is 31.7 Å². The van der Waals surface area contributed by atoms with E-state index in [0.29, 0.717) is 5.92 Å². The Morgan fingerprint density at radius 3 is 2.50 bits per heavy atom. The molecule has 1 aliphatic carbocycles. The van der Waals surface area contributed by atoms with Crippen LogP contribution < -0.4 is 10.6 Å². The molecule has 0 saturated heterocycles. The number of hydrogen-bond acceptors (Lipinski definition) is 2. The first-order valence-electron chi connectivity index (χ1n) is 4.51. The van der Waals surface area contributed by atoms with Crippen molar-refractivity contribution in [2.24, 2.45) is 5.92 Å². The van der Waals surface area contributed by atoms with Crippen molar-refractivity contribution in [3.8, 4) is 0 Å². The van der Waals surface area contributed by atoms with Crippen molar-refractivity contribution in [2.75, 3.05) is 19.6 Å². The summed E-state index contributed by atoms with van der Waals surface area (Å²) in [5.74, 6) is 0.00777. The van der Waals surface area contributed by atoms with Gasteiger partial charge in [-0.2, -0.15) is 13.2 Å². The van der Waals surface area contributed by atoms with Crippen LogP contribution in [0.5, 0.6) is 0 Å². The first-order valence-corrected chi connectivity index (χ1v) is 4.51.